The minimum Gasteiger partial charge on any atom is -0.346 e. The topological polar surface area (TPSA) is 6.48 Å². The van der Waals surface area contributed by atoms with Crippen LogP contribution < -0.4 is 0 Å². The van der Waals surface area contributed by atoms with Crippen LogP contribution in [0.15, 0.2) is 0 Å². The van der Waals surface area contributed by atoms with Gasteiger partial charge in [-0.15, -0.1) is 0 Å². The molecule has 2 aliphatic carbocycles. The predicted molar refractivity (Wildman–Crippen MR) is 76.5 cm³/mol. The Morgan fingerprint density at radius 3 is 1.06 bits per heavy atom. The van der Waals surface area contributed by atoms with Gasteiger partial charge in [0, 0.05) is 24.2 Å². The van der Waals surface area contributed by atoms with Crippen LogP contribution in [0.2, 0.25) is 0 Å². The quantitative estimate of drug-likeness (QED) is 0.600. The summed E-state index contributed by atoms with van der Waals surface area (Å²) in [6, 6.07) is 1.99. The molecule has 0 N–H and O–H groups in total. The molecule has 3 aliphatic rings. The highest BCUT2D eigenvalue weighted by Gasteiger charge is 2.43. The van der Waals surface area contributed by atoms with Gasteiger partial charge in [0.1, 0.15) is 0 Å². The van der Waals surface area contributed by atoms with Crippen LogP contribution in [0.4, 0.5) is 0 Å². The molecule has 0 aromatic rings. The minimum absolute atomic E-state index is 0.497. The Morgan fingerprint density at radius 2 is 0.778 bits per heavy atom. The van der Waals surface area contributed by atoms with Gasteiger partial charge >= 0.3 is 0 Å². The normalized spacial score (nSPS) is 43.6. The van der Waals surface area contributed by atoms with Crippen LogP contribution in [0.3, 0.4) is 0 Å². The summed E-state index contributed by atoms with van der Waals surface area (Å²) in [4.78, 5) is 4.44. The van der Waals surface area contributed by atoms with Gasteiger partial charge in [0.25, 0.3) is 0 Å². The van der Waals surface area contributed by atoms with Gasteiger partial charge in [-0.05, 0) is 25.7 Å². The van der Waals surface area contributed by atoms with Crippen molar-refractivity contribution < 1.29 is 0 Å². The lowest BCUT2D eigenvalue weighted by atomic mass is 9.81. The Balaban J connectivity index is 1.83. The van der Waals surface area contributed by atoms with Crippen LogP contribution in [0, 0.1) is 0 Å². The molecule has 1 aliphatic heterocycles. The molecular weight excluding hydrogens is 218 g/mol. The van der Waals surface area contributed by atoms with Crippen molar-refractivity contribution in [2.75, 3.05) is 0 Å². The molecule has 96 valence electrons. The van der Waals surface area contributed by atoms with Crippen LogP contribution in [0.25, 0.3) is 0 Å². The van der Waals surface area contributed by atoms with Crippen LogP contribution >= 0.6 is 0 Å². The van der Waals surface area contributed by atoms with Gasteiger partial charge in [-0.25, -0.2) is 0 Å². The molecule has 2 saturated carbocycles. The van der Waals surface area contributed by atoms with E-state index in [0.717, 1.165) is 0 Å². The summed E-state index contributed by atoms with van der Waals surface area (Å²) in [5, 5.41) is 0. The third-order valence-corrected chi connectivity index (χ3v) is 5.42. The van der Waals surface area contributed by atoms with Crippen molar-refractivity contribution in [1.29, 1.82) is 0 Å². The summed E-state index contributed by atoms with van der Waals surface area (Å²) in [6.07, 6.45) is 12.9. The van der Waals surface area contributed by atoms with Gasteiger partial charge in [0.05, 0.1) is 0 Å². The molecule has 18 heavy (non-hydrogen) atoms. The van der Waals surface area contributed by atoms with E-state index in [9.17, 15) is 0 Å². The molecule has 0 amide bonds. The molecule has 0 spiro atoms. The lowest BCUT2D eigenvalue weighted by Crippen LogP contribution is -2.66. The second-order valence-electron chi connectivity index (χ2n) is 6.44. The zero-order valence-electron chi connectivity index (χ0n) is 11.4. The van der Waals surface area contributed by atoms with E-state index in [1.165, 1.54) is 64.2 Å². The van der Waals surface area contributed by atoms with E-state index in [1.54, 1.807) is 0 Å². The molecule has 3 rings (SSSR count). The van der Waals surface area contributed by atoms with E-state index < -0.39 is 0 Å². The summed E-state index contributed by atoms with van der Waals surface area (Å²) >= 11 is 0. The summed E-state index contributed by atoms with van der Waals surface area (Å²) < 4.78 is 0. The monoisotopic (exact) mass is 242 g/mol. The molecular formula is C14H24B2N2. The van der Waals surface area contributed by atoms with Gasteiger partial charge in [0.2, 0.25) is 0 Å². The predicted octanol–water partition coefficient (Wildman–Crippen LogP) is 2.17. The van der Waals surface area contributed by atoms with Crippen molar-refractivity contribution >= 4 is 16.0 Å². The van der Waals surface area contributed by atoms with E-state index in [2.05, 4.69) is 9.62 Å². The maximum Gasteiger partial charge on any atom is 0.183 e. The van der Waals surface area contributed by atoms with Crippen molar-refractivity contribution in [3.05, 3.63) is 0 Å². The van der Waals surface area contributed by atoms with Gasteiger partial charge in [-0.1, -0.05) is 38.5 Å². The molecule has 0 aromatic carbocycles. The fourth-order valence-corrected chi connectivity index (χ4v) is 4.42. The third kappa shape index (κ3) is 2.27. The second kappa shape index (κ2) is 5.58. The summed E-state index contributed by atoms with van der Waals surface area (Å²) in [5.74, 6) is 0. The number of hydrogen-bond donors (Lipinski definition) is 0. The van der Waals surface area contributed by atoms with E-state index in [4.69, 9.17) is 16.0 Å². The van der Waals surface area contributed by atoms with Crippen LogP contribution in [0.5, 0.6) is 0 Å². The molecule has 4 radical (unpaired) electrons. The van der Waals surface area contributed by atoms with E-state index in [-0.39, 0.29) is 0 Å². The Hall–Kier alpha value is 0.0499. The molecule has 0 aromatic heterocycles. The first kappa shape index (κ1) is 13.1. The lowest BCUT2D eigenvalue weighted by Gasteiger charge is -2.55. The molecule has 4 atom stereocenters. The van der Waals surface area contributed by atoms with Gasteiger partial charge < -0.3 is 9.62 Å². The minimum atomic E-state index is 0.497. The highest BCUT2D eigenvalue weighted by Crippen LogP contribution is 2.37. The SMILES string of the molecule is [B]N1C2CCCCCC2N([B])C2CCCCCC21. The molecule has 4 heteroatoms. The van der Waals surface area contributed by atoms with E-state index in [1.807, 2.05) is 0 Å². The van der Waals surface area contributed by atoms with E-state index >= 15 is 0 Å². The van der Waals surface area contributed by atoms with Crippen molar-refractivity contribution in [2.24, 2.45) is 0 Å². The Morgan fingerprint density at radius 1 is 0.500 bits per heavy atom. The van der Waals surface area contributed by atoms with Gasteiger partial charge in [-0.3, -0.25) is 0 Å². The van der Waals surface area contributed by atoms with Crippen LogP contribution in [-0.2, 0) is 0 Å². The largest absolute Gasteiger partial charge is 0.346 e. The average Bonchev–Trinajstić information content (AvgIpc) is 2.76. The number of hydrogen-bond acceptors (Lipinski definition) is 2. The molecule has 4 unspecified atom stereocenters. The zero-order valence-corrected chi connectivity index (χ0v) is 11.4. The second-order valence-corrected chi connectivity index (χ2v) is 6.44. The Labute approximate surface area is 114 Å². The Kier molecular flexibility index (Phi) is 4.05. The van der Waals surface area contributed by atoms with Gasteiger partial charge in [-0.2, -0.15) is 0 Å². The smallest absolute Gasteiger partial charge is 0.183 e. The lowest BCUT2D eigenvalue weighted by molar-refractivity contribution is 0.0284. The first-order chi connectivity index (χ1) is 8.79. The summed E-state index contributed by atoms with van der Waals surface area (Å²) in [5.41, 5.74) is 0. The number of nitrogens with zero attached hydrogens (tertiary/aromatic N) is 2. The van der Waals surface area contributed by atoms with Crippen LogP contribution in [-0.4, -0.2) is 49.8 Å². The summed E-state index contributed by atoms with van der Waals surface area (Å²) in [6.45, 7) is 0. The maximum atomic E-state index is 6.50. The van der Waals surface area contributed by atoms with Crippen molar-refractivity contribution in [3.63, 3.8) is 0 Å². The molecule has 1 saturated heterocycles. The third-order valence-electron chi connectivity index (χ3n) is 5.42. The fraction of sp³-hybridized carbons (Fsp3) is 1.00. The van der Waals surface area contributed by atoms with Crippen molar-refractivity contribution in [1.82, 2.24) is 9.62 Å². The van der Waals surface area contributed by atoms with E-state index in [0.29, 0.717) is 24.2 Å². The molecule has 3 fully saturated rings. The van der Waals surface area contributed by atoms with Crippen LogP contribution in [0.1, 0.15) is 64.2 Å². The molecule has 1 heterocycles. The number of fused-ring (bicyclic) bond motifs is 2. The highest BCUT2D eigenvalue weighted by atomic mass is 15.3. The fourth-order valence-electron chi connectivity index (χ4n) is 4.42. The van der Waals surface area contributed by atoms with Gasteiger partial charge in [0.15, 0.2) is 16.0 Å². The first-order valence-corrected chi connectivity index (χ1v) is 7.85. The standard InChI is InChI=1S/C14H24B2N2/c15-17-11-7-3-1-4-8-12(11)18(16)14-10-6-2-5-9-13(14)17/h11-14H,1-10H2. The Bertz CT molecular complexity index is 235. The molecule has 0 bridgehead atoms. The van der Waals surface area contributed by atoms with Crippen molar-refractivity contribution in [3.8, 4) is 0 Å². The average molecular weight is 242 g/mol. The summed E-state index contributed by atoms with van der Waals surface area (Å²) in [7, 11) is 13.0. The number of rotatable bonds is 0. The zero-order chi connectivity index (χ0) is 12.5. The molecule has 2 nitrogen and oxygen atoms in total. The first-order valence-electron chi connectivity index (χ1n) is 7.85. The number of piperazine rings is 1. The van der Waals surface area contributed by atoms with Crippen molar-refractivity contribution in [2.45, 2.75) is 88.4 Å². The highest BCUT2D eigenvalue weighted by molar-refractivity contribution is 6.07. The maximum absolute atomic E-state index is 6.50.